The van der Waals surface area contributed by atoms with E-state index in [4.69, 9.17) is 38.8 Å². The second kappa shape index (κ2) is 14.7. The van der Waals surface area contributed by atoms with E-state index in [0.29, 0.717) is 92.0 Å². The highest BCUT2D eigenvalue weighted by molar-refractivity contribution is 5.66. The van der Waals surface area contributed by atoms with Crippen molar-refractivity contribution in [2.75, 3.05) is 46.4 Å². The Balaban J connectivity index is 1.44. The Labute approximate surface area is 297 Å². The number of likely N-dealkylation sites (tertiary alicyclic amines) is 1. The van der Waals surface area contributed by atoms with E-state index >= 15 is 0 Å². The predicted octanol–water partition coefficient (Wildman–Crippen LogP) is 5.67. The molecule has 1 spiro atoms. The molecule has 14 nitrogen and oxygen atoms in total. The van der Waals surface area contributed by atoms with Crippen LogP contribution in [0.1, 0.15) is 69.2 Å². The Morgan fingerprint density at radius 1 is 0.941 bits per heavy atom. The zero-order valence-electron chi connectivity index (χ0n) is 30.2. The molecule has 274 valence electrons. The van der Waals surface area contributed by atoms with Crippen molar-refractivity contribution in [3.05, 3.63) is 59.4 Å². The van der Waals surface area contributed by atoms with Crippen LogP contribution < -0.4 is 28.6 Å². The number of carbonyl (C=O) groups is 1. The van der Waals surface area contributed by atoms with Crippen molar-refractivity contribution in [2.45, 2.75) is 77.2 Å². The molecule has 0 radical (unpaired) electrons. The smallest absolute Gasteiger partial charge is 0.407 e. The van der Waals surface area contributed by atoms with Gasteiger partial charge in [0.1, 0.15) is 28.6 Å². The van der Waals surface area contributed by atoms with Crippen LogP contribution in [0.2, 0.25) is 0 Å². The largest absolute Gasteiger partial charge is 0.497 e. The Morgan fingerprint density at radius 3 is 2.04 bits per heavy atom. The van der Waals surface area contributed by atoms with Gasteiger partial charge in [-0.05, 0) is 68.7 Å². The van der Waals surface area contributed by atoms with Crippen molar-refractivity contribution in [3.8, 4) is 29.0 Å². The second-order valence-corrected chi connectivity index (χ2v) is 13.7. The maximum Gasteiger partial charge on any atom is 0.407 e. The zero-order valence-corrected chi connectivity index (χ0v) is 30.2. The van der Waals surface area contributed by atoms with E-state index in [2.05, 4.69) is 11.8 Å². The van der Waals surface area contributed by atoms with Crippen molar-refractivity contribution >= 4 is 17.6 Å². The van der Waals surface area contributed by atoms with Gasteiger partial charge in [-0.3, -0.25) is 0 Å². The first-order valence-corrected chi connectivity index (χ1v) is 17.3. The van der Waals surface area contributed by atoms with E-state index in [1.54, 1.807) is 39.2 Å². The summed E-state index contributed by atoms with van der Waals surface area (Å²) in [4.78, 5) is 24.9. The molecule has 2 aromatic heterocycles. The summed E-state index contributed by atoms with van der Waals surface area (Å²) in [6, 6.07) is 11.5. The average Bonchev–Trinajstić information content (AvgIpc) is 3.55. The first-order chi connectivity index (χ1) is 24.5. The van der Waals surface area contributed by atoms with Gasteiger partial charge < -0.3 is 43.7 Å². The SMILES string of the molecule is CCCC(C)Oc1nc(N(Cc2ccc(OC)cc2OC)Cc2ccc(OC)cc2OC)c2ncc(C3(O)CC4(CCN(C(=O)O)CC4)C3)n2n1. The summed E-state index contributed by atoms with van der Waals surface area (Å²) < 4.78 is 30.5. The Bertz CT molecular complexity index is 1790. The molecule has 2 fully saturated rings. The number of hydrogen-bond donors (Lipinski definition) is 2. The van der Waals surface area contributed by atoms with Gasteiger partial charge in [0.25, 0.3) is 0 Å². The molecule has 1 amide bonds. The summed E-state index contributed by atoms with van der Waals surface area (Å²) in [6.07, 6.45) is 4.71. The van der Waals surface area contributed by atoms with E-state index in [0.717, 1.165) is 24.0 Å². The number of imidazole rings is 1. The molecular formula is C37H48N6O8. The Kier molecular flexibility index (Phi) is 10.3. The average molecular weight is 705 g/mol. The van der Waals surface area contributed by atoms with E-state index < -0.39 is 11.7 Å². The topological polar surface area (TPSA) is 153 Å². The number of piperidine rings is 1. The van der Waals surface area contributed by atoms with Crippen molar-refractivity contribution in [1.82, 2.24) is 24.5 Å². The quantitative estimate of drug-likeness (QED) is 0.166. The molecule has 0 bridgehead atoms. The van der Waals surface area contributed by atoms with Crippen LogP contribution in [0.4, 0.5) is 10.6 Å². The van der Waals surface area contributed by atoms with Crippen molar-refractivity contribution in [3.63, 3.8) is 0 Å². The molecule has 2 aliphatic rings. The molecule has 4 aromatic rings. The highest BCUT2D eigenvalue weighted by Crippen LogP contribution is 2.59. The molecule has 1 aliphatic carbocycles. The first kappa shape index (κ1) is 35.8. The highest BCUT2D eigenvalue weighted by atomic mass is 16.5. The van der Waals surface area contributed by atoms with Gasteiger partial charge in [-0.1, -0.05) is 13.3 Å². The summed E-state index contributed by atoms with van der Waals surface area (Å²) in [5, 5.41) is 26.4. The molecule has 14 heteroatoms. The van der Waals surface area contributed by atoms with E-state index in [1.165, 1.54) is 4.90 Å². The monoisotopic (exact) mass is 704 g/mol. The standard InChI is InChI=1S/C37H48N6O8/c1-7-8-24(2)51-34-39-33(32-38-19-31(43(32)40-34)37(46)22-36(23-37)13-15-41(16-14-36)35(44)45)42(20-25-9-11-27(47-3)17-29(25)49-5)21-26-10-12-28(48-4)18-30(26)50-6/h9-12,17-19,24,46H,7-8,13-16,20-23H2,1-6H3,(H,44,45). The summed E-state index contributed by atoms with van der Waals surface area (Å²) in [7, 11) is 6.47. The first-order valence-electron chi connectivity index (χ1n) is 17.3. The lowest BCUT2D eigenvalue weighted by Crippen LogP contribution is -2.55. The van der Waals surface area contributed by atoms with Gasteiger partial charge in [0.2, 0.25) is 0 Å². The number of hydrogen-bond acceptors (Lipinski definition) is 11. The highest BCUT2D eigenvalue weighted by Gasteiger charge is 2.57. The third-order valence-electron chi connectivity index (χ3n) is 10.2. The minimum absolute atomic E-state index is 0.141. The van der Waals surface area contributed by atoms with E-state index in [9.17, 15) is 15.0 Å². The molecule has 1 atom stereocenters. The van der Waals surface area contributed by atoms with Crippen molar-refractivity contribution in [1.29, 1.82) is 0 Å². The molecule has 51 heavy (non-hydrogen) atoms. The van der Waals surface area contributed by atoms with Gasteiger partial charge >= 0.3 is 12.1 Å². The van der Waals surface area contributed by atoms with Gasteiger partial charge in [0, 0.05) is 49.4 Å². The fourth-order valence-electron chi connectivity index (χ4n) is 7.55. The number of methoxy groups -OCH3 is 4. The fourth-order valence-corrected chi connectivity index (χ4v) is 7.55. The summed E-state index contributed by atoms with van der Waals surface area (Å²) >= 11 is 0. The van der Waals surface area contributed by atoms with Gasteiger partial charge in [-0.25, -0.2) is 14.3 Å². The second-order valence-electron chi connectivity index (χ2n) is 13.7. The number of aromatic nitrogens is 4. The number of amides is 1. The summed E-state index contributed by atoms with van der Waals surface area (Å²) in [6.45, 7) is 5.70. The molecule has 6 rings (SSSR count). The van der Waals surface area contributed by atoms with Gasteiger partial charge in [-0.2, -0.15) is 4.98 Å². The van der Waals surface area contributed by atoms with Crippen LogP contribution >= 0.6 is 0 Å². The van der Waals surface area contributed by atoms with E-state index in [1.807, 2.05) is 43.3 Å². The molecule has 1 unspecified atom stereocenters. The van der Waals surface area contributed by atoms with Crippen molar-refractivity contribution < 1.29 is 38.7 Å². The number of nitrogens with zero attached hydrogens (tertiary/aromatic N) is 6. The zero-order chi connectivity index (χ0) is 36.3. The minimum atomic E-state index is -1.20. The molecule has 2 aromatic carbocycles. The minimum Gasteiger partial charge on any atom is -0.497 e. The molecule has 1 saturated carbocycles. The lowest BCUT2D eigenvalue weighted by Gasteiger charge is -2.56. The third-order valence-corrected chi connectivity index (χ3v) is 10.2. The van der Waals surface area contributed by atoms with Crippen LogP contribution in [0.3, 0.4) is 0 Å². The Morgan fingerprint density at radius 2 is 1.53 bits per heavy atom. The normalized spacial score (nSPS) is 16.7. The molecule has 3 heterocycles. The van der Waals surface area contributed by atoms with Gasteiger partial charge in [0.05, 0.1) is 46.4 Å². The Hall–Kier alpha value is -4.98. The number of aliphatic hydroxyl groups is 1. The number of rotatable bonds is 14. The number of benzene rings is 2. The fraction of sp³-hybridized carbons (Fsp3) is 0.514. The van der Waals surface area contributed by atoms with Gasteiger partial charge in [-0.15, -0.1) is 5.10 Å². The van der Waals surface area contributed by atoms with Crippen LogP contribution in [0.15, 0.2) is 42.6 Å². The third kappa shape index (κ3) is 7.27. The number of anilines is 1. The maximum atomic E-state index is 12.1. The molecule has 1 aliphatic heterocycles. The number of ether oxygens (including phenoxy) is 5. The number of fused-ring (bicyclic) bond motifs is 1. The summed E-state index contributed by atoms with van der Waals surface area (Å²) in [5.74, 6) is 3.12. The summed E-state index contributed by atoms with van der Waals surface area (Å²) in [5.41, 5.74) is 1.41. The van der Waals surface area contributed by atoms with Crippen molar-refractivity contribution in [2.24, 2.45) is 5.41 Å². The maximum absolute atomic E-state index is 12.1. The molecule has 2 N–H and O–H groups in total. The van der Waals surface area contributed by atoms with Crippen LogP contribution in [0, 0.1) is 5.41 Å². The van der Waals surface area contributed by atoms with Crippen LogP contribution in [0.5, 0.6) is 29.0 Å². The molecular weight excluding hydrogens is 656 g/mol. The lowest BCUT2D eigenvalue weighted by molar-refractivity contribution is -0.156. The van der Waals surface area contributed by atoms with Crippen LogP contribution in [-0.4, -0.2) is 88.4 Å². The van der Waals surface area contributed by atoms with Crippen LogP contribution in [-0.2, 0) is 18.7 Å². The lowest BCUT2D eigenvalue weighted by atomic mass is 9.54. The van der Waals surface area contributed by atoms with Crippen LogP contribution in [0.25, 0.3) is 5.65 Å². The van der Waals surface area contributed by atoms with Gasteiger partial charge in [0.15, 0.2) is 11.5 Å². The molecule has 1 saturated heterocycles. The van der Waals surface area contributed by atoms with E-state index in [-0.39, 0.29) is 17.5 Å². The predicted molar refractivity (Wildman–Crippen MR) is 189 cm³/mol. The number of carboxylic acid groups (broad SMARTS) is 1.